The fraction of sp³-hybridized carbons (Fsp3) is 0.350. The van der Waals surface area contributed by atoms with Gasteiger partial charge >= 0.3 is 0 Å². The minimum absolute atomic E-state index is 0.0174. The van der Waals surface area contributed by atoms with Crippen LogP contribution in [0.2, 0.25) is 0 Å². The Morgan fingerprint density at radius 2 is 2.11 bits per heavy atom. The van der Waals surface area contributed by atoms with Crippen molar-refractivity contribution in [2.75, 3.05) is 5.73 Å². The maximum Gasteiger partial charge on any atom is 0.251 e. The first-order chi connectivity index (χ1) is 13.3. The van der Waals surface area contributed by atoms with E-state index in [1.807, 2.05) is 0 Å². The smallest absolute Gasteiger partial charge is 0.251 e. The summed E-state index contributed by atoms with van der Waals surface area (Å²) in [5.41, 5.74) is 5.98. The van der Waals surface area contributed by atoms with Gasteiger partial charge in [-0.2, -0.15) is 0 Å². The lowest BCUT2D eigenvalue weighted by Gasteiger charge is -2.28. The van der Waals surface area contributed by atoms with Gasteiger partial charge in [-0.1, -0.05) is 12.8 Å². The van der Waals surface area contributed by atoms with Gasteiger partial charge in [-0.25, -0.2) is 18.7 Å². The molecule has 2 aromatic rings. The molecule has 1 saturated carbocycles. The van der Waals surface area contributed by atoms with Gasteiger partial charge in [-0.3, -0.25) is 4.79 Å². The molecule has 1 aliphatic rings. The first kappa shape index (κ1) is 19.9. The number of carbonyl (C=O) groups excluding carboxylic acids is 1. The van der Waals surface area contributed by atoms with Gasteiger partial charge in [0.15, 0.2) is 0 Å². The highest BCUT2D eigenvalue weighted by molar-refractivity contribution is 5.95. The lowest BCUT2D eigenvalue weighted by atomic mass is 9.92. The lowest BCUT2D eigenvalue weighted by Crippen LogP contribution is -2.45. The van der Waals surface area contributed by atoms with Crippen molar-refractivity contribution in [1.29, 1.82) is 0 Å². The summed E-state index contributed by atoms with van der Waals surface area (Å²) in [5.74, 6) is -1.83. The van der Waals surface area contributed by atoms with Crippen molar-refractivity contribution in [1.82, 2.24) is 15.3 Å². The average molecular weight is 388 g/mol. The SMILES string of the molecule is Cc1nc(N)ncc1/C(F)=C/c1cc(C(=O)N[C@H]2CCCC[C@@H]2O)ccc1F. The monoisotopic (exact) mass is 388 g/mol. The predicted molar refractivity (Wildman–Crippen MR) is 102 cm³/mol. The molecular formula is C20H22F2N4O2. The Morgan fingerprint density at radius 1 is 1.36 bits per heavy atom. The predicted octanol–water partition coefficient (Wildman–Crippen LogP) is 3.01. The lowest BCUT2D eigenvalue weighted by molar-refractivity contribution is 0.0717. The summed E-state index contributed by atoms with van der Waals surface area (Å²) in [6, 6.07) is 3.37. The maximum absolute atomic E-state index is 14.6. The maximum atomic E-state index is 14.6. The number of anilines is 1. The van der Waals surface area contributed by atoms with Crippen LogP contribution in [0, 0.1) is 12.7 Å². The van der Waals surface area contributed by atoms with Crippen LogP contribution in [0.5, 0.6) is 0 Å². The Balaban J connectivity index is 1.83. The van der Waals surface area contributed by atoms with E-state index in [-0.39, 0.29) is 28.7 Å². The molecule has 1 fully saturated rings. The van der Waals surface area contributed by atoms with Crippen LogP contribution in [0.25, 0.3) is 11.9 Å². The van der Waals surface area contributed by atoms with Gasteiger partial charge in [-0.15, -0.1) is 0 Å². The molecule has 0 unspecified atom stereocenters. The molecule has 1 heterocycles. The molecule has 0 aliphatic heterocycles. The van der Waals surface area contributed by atoms with E-state index < -0.39 is 23.7 Å². The number of aromatic nitrogens is 2. The molecule has 148 valence electrons. The summed E-state index contributed by atoms with van der Waals surface area (Å²) in [6.45, 7) is 1.57. The van der Waals surface area contributed by atoms with Gasteiger partial charge in [0.05, 0.1) is 23.4 Å². The number of carbonyl (C=O) groups is 1. The Morgan fingerprint density at radius 3 is 2.82 bits per heavy atom. The number of hydrogen-bond donors (Lipinski definition) is 3. The highest BCUT2D eigenvalue weighted by Gasteiger charge is 2.25. The number of aliphatic hydroxyl groups is 1. The molecule has 6 nitrogen and oxygen atoms in total. The standard InChI is InChI=1S/C20H22F2N4O2/c1-11-14(10-24-20(23)25-11)16(22)9-13-8-12(6-7-15(13)21)19(28)26-17-4-2-3-5-18(17)27/h6-10,17-18,27H,2-5H2,1H3,(H,26,28)(H2,23,24,25)/b16-9-/t17-,18-/m0/s1. The number of nitrogen functional groups attached to an aromatic ring is 1. The molecule has 1 amide bonds. The van der Waals surface area contributed by atoms with E-state index in [1.54, 1.807) is 6.92 Å². The van der Waals surface area contributed by atoms with Crippen LogP contribution in [0.3, 0.4) is 0 Å². The van der Waals surface area contributed by atoms with Crippen molar-refractivity contribution in [3.05, 3.63) is 52.6 Å². The van der Waals surface area contributed by atoms with Crippen molar-refractivity contribution in [2.24, 2.45) is 0 Å². The van der Waals surface area contributed by atoms with Crippen LogP contribution in [-0.2, 0) is 0 Å². The minimum atomic E-state index is -0.739. The molecular weight excluding hydrogens is 366 g/mol. The summed E-state index contributed by atoms with van der Waals surface area (Å²) in [5, 5.41) is 12.8. The first-order valence-electron chi connectivity index (χ1n) is 9.10. The van der Waals surface area contributed by atoms with Crippen LogP contribution in [0.15, 0.2) is 24.4 Å². The summed E-state index contributed by atoms with van der Waals surface area (Å²) < 4.78 is 28.8. The van der Waals surface area contributed by atoms with Crippen molar-refractivity contribution >= 4 is 23.8 Å². The zero-order valence-corrected chi connectivity index (χ0v) is 15.5. The van der Waals surface area contributed by atoms with Crippen LogP contribution in [-0.4, -0.2) is 33.1 Å². The van der Waals surface area contributed by atoms with E-state index in [1.165, 1.54) is 18.3 Å². The molecule has 0 spiro atoms. The normalized spacial score (nSPS) is 20.1. The zero-order chi connectivity index (χ0) is 20.3. The van der Waals surface area contributed by atoms with E-state index in [9.17, 15) is 18.7 Å². The molecule has 1 aromatic carbocycles. The molecule has 0 radical (unpaired) electrons. The molecule has 28 heavy (non-hydrogen) atoms. The van der Waals surface area contributed by atoms with Crippen LogP contribution in [0.4, 0.5) is 14.7 Å². The Labute approximate surface area is 161 Å². The average Bonchev–Trinajstić information content (AvgIpc) is 2.65. The van der Waals surface area contributed by atoms with Crippen LogP contribution in [0.1, 0.15) is 52.9 Å². The zero-order valence-electron chi connectivity index (χ0n) is 15.5. The van der Waals surface area contributed by atoms with Crippen molar-refractivity contribution in [2.45, 2.75) is 44.8 Å². The minimum Gasteiger partial charge on any atom is -0.391 e. The molecule has 2 atom stereocenters. The number of nitrogens with two attached hydrogens (primary N) is 1. The van der Waals surface area contributed by atoms with Gasteiger partial charge < -0.3 is 16.2 Å². The molecule has 0 saturated heterocycles. The van der Waals surface area contributed by atoms with Gasteiger partial charge in [0.1, 0.15) is 11.6 Å². The highest BCUT2D eigenvalue weighted by Crippen LogP contribution is 2.24. The number of nitrogens with one attached hydrogen (secondary N) is 1. The van der Waals surface area contributed by atoms with Crippen LogP contribution >= 0.6 is 0 Å². The van der Waals surface area contributed by atoms with Crippen LogP contribution < -0.4 is 11.1 Å². The Hall–Kier alpha value is -2.87. The molecule has 3 rings (SSSR count). The van der Waals surface area contributed by atoms with Gasteiger partial charge in [0.25, 0.3) is 5.91 Å². The summed E-state index contributed by atoms with van der Waals surface area (Å²) in [4.78, 5) is 20.1. The molecule has 8 heteroatoms. The Bertz CT molecular complexity index is 917. The third kappa shape index (κ3) is 4.51. The number of amides is 1. The molecule has 1 aromatic heterocycles. The Kier molecular flexibility index (Phi) is 5.99. The van der Waals surface area contributed by atoms with Crippen molar-refractivity contribution < 1.29 is 18.7 Å². The topological polar surface area (TPSA) is 101 Å². The molecule has 0 bridgehead atoms. The number of nitrogens with zero attached hydrogens (tertiary/aromatic N) is 2. The second kappa shape index (κ2) is 8.43. The molecule has 1 aliphatic carbocycles. The molecule has 4 N–H and O–H groups in total. The van der Waals surface area contributed by atoms with Gasteiger partial charge in [0.2, 0.25) is 5.95 Å². The quantitative estimate of drug-likeness (QED) is 0.747. The second-order valence-electron chi connectivity index (χ2n) is 6.89. The van der Waals surface area contributed by atoms with E-state index in [4.69, 9.17) is 5.73 Å². The van der Waals surface area contributed by atoms with Gasteiger partial charge in [0, 0.05) is 17.3 Å². The number of aliphatic hydroxyl groups excluding tert-OH is 1. The fourth-order valence-electron chi connectivity index (χ4n) is 3.26. The van der Waals surface area contributed by atoms with E-state index >= 15 is 0 Å². The third-order valence-corrected chi connectivity index (χ3v) is 4.84. The van der Waals surface area contributed by atoms with Crippen molar-refractivity contribution in [3.8, 4) is 0 Å². The number of rotatable bonds is 4. The van der Waals surface area contributed by atoms with E-state index in [2.05, 4.69) is 15.3 Å². The summed E-state index contributed by atoms with van der Waals surface area (Å²) in [6.07, 6.45) is 4.79. The largest absolute Gasteiger partial charge is 0.391 e. The number of benzene rings is 1. The number of aryl methyl sites for hydroxylation is 1. The fourth-order valence-corrected chi connectivity index (χ4v) is 3.26. The first-order valence-corrected chi connectivity index (χ1v) is 9.10. The second-order valence-corrected chi connectivity index (χ2v) is 6.89. The van der Waals surface area contributed by atoms with Crippen molar-refractivity contribution in [3.63, 3.8) is 0 Å². The number of hydrogen-bond acceptors (Lipinski definition) is 5. The highest BCUT2D eigenvalue weighted by atomic mass is 19.1. The summed E-state index contributed by atoms with van der Waals surface area (Å²) >= 11 is 0. The van der Waals surface area contributed by atoms with Gasteiger partial charge in [-0.05, 0) is 44.0 Å². The van der Waals surface area contributed by atoms with E-state index in [0.29, 0.717) is 18.5 Å². The third-order valence-electron chi connectivity index (χ3n) is 4.84. The number of halogens is 2. The van der Waals surface area contributed by atoms with E-state index in [0.717, 1.165) is 25.0 Å². The summed E-state index contributed by atoms with van der Waals surface area (Å²) in [7, 11) is 0.